The second kappa shape index (κ2) is 5.03. The molecule has 0 atom stereocenters. The molecule has 0 aliphatic carbocycles. The van der Waals surface area contributed by atoms with Crippen molar-refractivity contribution < 1.29 is 4.84 Å². The van der Waals surface area contributed by atoms with Crippen molar-refractivity contribution in [3.63, 3.8) is 0 Å². The lowest BCUT2D eigenvalue weighted by molar-refractivity contribution is -0.141. The van der Waals surface area contributed by atoms with Crippen molar-refractivity contribution in [2.45, 2.75) is 19.3 Å². The van der Waals surface area contributed by atoms with Crippen LogP contribution in [0.3, 0.4) is 0 Å². The zero-order chi connectivity index (χ0) is 5.82. The van der Waals surface area contributed by atoms with Gasteiger partial charge in [-0.25, -0.2) is 0 Å². The van der Waals surface area contributed by atoms with Gasteiger partial charge in [0.25, 0.3) is 0 Å². The van der Waals surface area contributed by atoms with Crippen LogP contribution in [0.2, 0.25) is 0 Å². The van der Waals surface area contributed by atoms with Gasteiger partial charge >= 0.3 is 0 Å². The highest BCUT2D eigenvalue weighted by Gasteiger charge is 2.06. The van der Waals surface area contributed by atoms with Gasteiger partial charge in [0.1, 0.15) is 0 Å². The first-order valence-electron chi connectivity index (χ1n) is 3.22. The minimum atomic E-state index is 0. The monoisotopic (exact) mass is 151 g/mol. The number of piperidine rings is 1. The number of hydrogen-bond donors (Lipinski definition) is 0. The first kappa shape index (κ1) is 9.21. The molecule has 1 saturated heterocycles. The molecule has 3 heteroatoms. The van der Waals surface area contributed by atoms with E-state index in [9.17, 15) is 0 Å². The smallest absolute Gasteiger partial charge is 0.0575 e. The molecule has 56 valence electrons. The van der Waals surface area contributed by atoms with Crippen LogP contribution in [0.1, 0.15) is 19.3 Å². The Kier molecular flexibility index (Phi) is 5.15. The Hall–Kier alpha value is 0.210. The lowest BCUT2D eigenvalue weighted by Crippen LogP contribution is -2.28. The highest BCUT2D eigenvalue weighted by Crippen LogP contribution is 2.07. The molecule has 0 bridgehead atoms. The zero-order valence-corrected chi connectivity index (χ0v) is 6.62. The molecule has 0 aromatic carbocycles. The van der Waals surface area contributed by atoms with Crippen molar-refractivity contribution in [3.8, 4) is 0 Å². The van der Waals surface area contributed by atoms with Gasteiger partial charge in [-0.1, -0.05) is 6.42 Å². The molecular weight excluding hydrogens is 138 g/mol. The van der Waals surface area contributed by atoms with Crippen molar-refractivity contribution in [1.29, 1.82) is 0 Å². The largest absolute Gasteiger partial charge is 0.302 e. The van der Waals surface area contributed by atoms with Gasteiger partial charge in [0.05, 0.1) is 7.11 Å². The minimum Gasteiger partial charge on any atom is -0.302 e. The third kappa shape index (κ3) is 3.04. The van der Waals surface area contributed by atoms with E-state index >= 15 is 0 Å². The molecular formula is C6H14ClNO. The van der Waals surface area contributed by atoms with Crippen LogP contribution < -0.4 is 0 Å². The predicted octanol–water partition coefficient (Wildman–Crippen LogP) is 1.46. The second-order valence-electron chi connectivity index (χ2n) is 2.17. The average molecular weight is 152 g/mol. The van der Waals surface area contributed by atoms with E-state index in [0.29, 0.717) is 0 Å². The molecule has 0 aromatic heterocycles. The summed E-state index contributed by atoms with van der Waals surface area (Å²) in [5.41, 5.74) is 0. The summed E-state index contributed by atoms with van der Waals surface area (Å²) in [7, 11) is 1.74. The molecule has 1 aliphatic heterocycles. The van der Waals surface area contributed by atoms with E-state index in [4.69, 9.17) is 4.84 Å². The Morgan fingerprint density at radius 2 is 1.67 bits per heavy atom. The molecule has 0 radical (unpaired) electrons. The fraction of sp³-hybridized carbons (Fsp3) is 1.00. The SMILES string of the molecule is CON1CCCCC1.Cl. The molecule has 0 unspecified atom stereocenters. The lowest BCUT2D eigenvalue weighted by Gasteiger charge is -2.23. The fourth-order valence-electron chi connectivity index (χ4n) is 1.05. The maximum Gasteiger partial charge on any atom is 0.0575 e. The normalized spacial score (nSPS) is 21.0. The number of hydrogen-bond acceptors (Lipinski definition) is 2. The Labute approximate surface area is 62.5 Å². The molecule has 1 aliphatic rings. The van der Waals surface area contributed by atoms with E-state index in [-0.39, 0.29) is 12.4 Å². The fourth-order valence-corrected chi connectivity index (χ4v) is 1.05. The highest BCUT2D eigenvalue weighted by molar-refractivity contribution is 5.85. The molecule has 0 aromatic rings. The second-order valence-corrected chi connectivity index (χ2v) is 2.17. The van der Waals surface area contributed by atoms with E-state index in [0.717, 1.165) is 13.1 Å². The van der Waals surface area contributed by atoms with Gasteiger partial charge in [-0.15, -0.1) is 12.4 Å². The van der Waals surface area contributed by atoms with E-state index < -0.39 is 0 Å². The maximum atomic E-state index is 5.02. The number of hydroxylamine groups is 2. The highest BCUT2D eigenvalue weighted by atomic mass is 35.5. The van der Waals surface area contributed by atoms with Gasteiger partial charge in [0.2, 0.25) is 0 Å². The molecule has 1 heterocycles. The van der Waals surface area contributed by atoms with Gasteiger partial charge in [-0.3, -0.25) is 0 Å². The summed E-state index contributed by atoms with van der Waals surface area (Å²) in [6, 6.07) is 0. The van der Waals surface area contributed by atoms with Crippen LogP contribution in [0, 0.1) is 0 Å². The van der Waals surface area contributed by atoms with Crippen LogP contribution in [0.5, 0.6) is 0 Å². The Balaban J connectivity index is 0.000000640. The van der Waals surface area contributed by atoms with Crippen LogP contribution in [0.15, 0.2) is 0 Å². The number of halogens is 1. The quantitative estimate of drug-likeness (QED) is 0.563. The predicted molar refractivity (Wildman–Crippen MR) is 39.7 cm³/mol. The van der Waals surface area contributed by atoms with Gasteiger partial charge in [0.15, 0.2) is 0 Å². The van der Waals surface area contributed by atoms with E-state index in [1.54, 1.807) is 7.11 Å². The Morgan fingerprint density at radius 3 is 2.00 bits per heavy atom. The van der Waals surface area contributed by atoms with Crippen molar-refractivity contribution in [1.82, 2.24) is 5.06 Å². The number of rotatable bonds is 1. The molecule has 2 nitrogen and oxygen atoms in total. The van der Waals surface area contributed by atoms with Crippen LogP contribution in [0.4, 0.5) is 0 Å². The molecule has 9 heavy (non-hydrogen) atoms. The first-order valence-corrected chi connectivity index (χ1v) is 3.22. The number of nitrogens with zero attached hydrogens (tertiary/aromatic N) is 1. The van der Waals surface area contributed by atoms with Crippen molar-refractivity contribution in [3.05, 3.63) is 0 Å². The topological polar surface area (TPSA) is 12.5 Å². The summed E-state index contributed by atoms with van der Waals surface area (Å²) in [5, 5.41) is 2.02. The van der Waals surface area contributed by atoms with Gasteiger partial charge in [0, 0.05) is 13.1 Å². The van der Waals surface area contributed by atoms with Crippen molar-refractivity contribution >= 4 is 12.4 Å². The maximum absolute atomic E-state index is 5.02. The van der Waals surface area contributed by atoms with Crippen LogP contribution >= 0.6 is 12.4 Å². The molecule has 0 amide bonds. The molecule has 0 spiro atoms. The third-order valence-electron chi connectivity index (χ3n) is 1.57. The van der Waals surface area contributed by atoms with Gasteiger partial charge in [-0.05, 0) is 12.8 Å². The Bertz CT molecular complexity index is 64.1. The van der Waals surface area contributed by atoms with Crippen LogP contribution in [-0.4, -0.2) is 25.3 Å². The molecule has 0 saturated carbocycles. The van der Waals surface area contributed by atoms with Gasteiger partial charge in [-0.2, -0.15) is 5.06 Å². The van der Waals surface area contributed by atoms with E-state index in [1.165, 1.54) is 19.3 Å². The van der Waals surface area contributed by atoms with E-state index in [2.05, 4.69) is 0 Å². The molecule has 0 N–H and O–H groups in total. The summed E-state index contributed by atoms with van der Waals surface area (Å²) < 4.78 is 0. The standard InChI is InChI=1S/C6H13NO.ClH/c1-8-7-5-3-2-4-6-7;/h2-6H2,1H3;1H. The summed E-state index contributed by atoms with van der Waals surface area (Å²) in [5.74, 6) is 0. The van der Waals surface area contributed by atoms with Crippen LogP contribution in [0.25, 0.3) is 0 Å². The van der Waals surface area contributed by atoms with Crippen molar-refractivity contribution in [2.75, 3.05) is 20.2 Å². The lowest BCUT2D eigenvalue weighted by atomic mass is 10.2. The van der Waals surface area contributed by atoms with Crippen molar-refractivity contribution in [2.24, 2.45) is 0 Å². The summed E-state index contributed by atoms with van der Waals surface area (Å²) in [6.07, 6.45) is 3.97. The summed E-state index contributed by atoms with van der Waals surface area (Å²) >= 11 is 0. The minimum absolute atomic E-state index is 0. The summed E-state index contributed by atoms with van der Waals surface area (Å²) in [4.78, 5) is 5.02. The van der Waals surface area contributed by atoms with E-state index in [1.807, 2.05) is 5.06 Å². The first-order chi connectivity index (χ1) is 3.93. The van der Waals surface area contributed by atoms with Gasteiger partial charge < -0.3 is 4.84 Å². The average Bonchev–Trinajstić information content (AvgIpc) is 1.90. The summed E-state index contributed by atoms with van der Waals surface area (Å²) in [6.45, 7) is 2.24. The molecule has 1 fully saturated rings. The zero-order valence-electron chi connectivity index (χ0n) is 5.80. The van der Waals surface area contributed by atoms with Crippen LogP contribution in [-0.2, 0) is 4.84 Å². The molecule has 1 rings (SSSR count). The Morgan fingerprint density at radius 1 is 1.11 bits per heavy atom. The third-order valence-corrected chi connectivity index (χ3v) is 1.57.